The summed E-state index contributed by atoms with van der Waals surface area (Å²) in [4.78, 5) is 11.1. The summed E-state index contributed by atoms with van der Waals surface area (Å²) in [7, 11) is 1.48. The zero-order valence-electron chi connectivity index (χ0n) is 14.6. The van der Waals surface area contributed by atoms with Gasteiger partial charge in [-0.3, -0.25) is 4.79 Å². The molecule has 2 heteroatoms. The second-order valence-corrected chi connectivity index (χ2v) is 9.33. The molecule has 0 aromatic carbocycles. The van der Waals surface area contributed by atoms with Gasteiger partial charge < -0.3 is 4.74 Å². The van der Waals surface area contributed by atoms with Crippen LogP contribution in [0.5, 0.6) is 0 Å². The summed E-state index contributed by atoms with van der Waals surface area (Å²) in [5.74, 6) is 10.7. The average Bonchev–Trinajstić information content (AvgIpc) is 2.51. The van der Waals surface area contributed by atoms with Crippen LogP contribution in [0.25, 0.3) is 0 Å². The maximum Gasteiger partial charge on any atom is 0.305 e. The molecule has 0 N–H and O–H groups in total. The summed E-state index contributed by atoms with van der Waals surface area (Å²) >= 11 is 0. The quantitative estimate of drug-likeness (QED) is 0.369. The van der Waals surface area contributed by atoms with E-state index in [1.165, 1.54) is 86.6 Å². The molecule has 23 heavy (non-hydrogen) atoms. The number of esters is 1. The molecule has 5 aliphatic carbocycles. The number of ether oxygens (including phenoxy) is 1. The molecule has 0 aromatic rings. The highest BCUT2D eigenvalue weighted by Crippen LogP contribution is 2.84. The lowest BCUT2D eigenvalue weighted by Gasteiger charge is -2.85. The minimum atomic E-state index is -0.0476. The van der Waals surface area contributed by atoms with Crippen LogP contribution in [0.1, 0.15) is 64.2 Å². The van der Waals surface area contributed by atoms with Crippen LogP contribution < -0.4 is 0 Å². The van der Waals surface area contributed by atoms with Gasteiger partial charge in [0.1, 0.15) is 0 Å². The van der Waals surface area contributed by atoms with E-state index in [-0.39, 0.29) is 5.97 Å². The van der Waals surface area contributed by atoms with Crippen molar-refractivity contribution in [2.24, 2.45) is 53.3 Å². The fourth-order valence-electron chi connectivity index (χ4n) is 7.77. The van der Waals surface area contributed by atoms with Gasteiger partial charge in [0.05, 0.1) is 7.11 Å². The maximum atomic E-state index is 11.1. The van der Waals surface area contributed by atoms with Gasteiger partial charge in [-0.1, -0.05) is 32.1 Å². The molecular formula is C21H32O2. The van der Waals surface area contributed by atoms with Crippen LogP contribution in [0.3, 0.4) is 0 Å². The van der Waals surface area contributed by atoms with Crippen LogP contribution in [0.15, 0.2) is 0 Å². The maximum absolute atomic E-state index is 11.1. The van der Waals surface area contributed by atoms with Crippen molar-refractivity contribution < 1.29 is 9.53 Å². The van der Waals surface area contributed by atoms with E-state index in [1.54, 1.807) is 19.3 Å². The minimum absolute atomic E-state index is 0.0476. The van der Waals surface area contributed by atoms with E-state index < -0.39 is 0 Å². The van der Waals surface area contributed by atoms with Gasteiger partial charge in [-0.25, -0.2) is 0 Å². The van der Waals surface area contributed by atoms with Gasteiger partial charge in [0.15, 0.2) is 0 Å². The molecule has 9 atom stereocenters. The lowest BCUT2D eigenvalue weighted by atomic mass is 9.20. The molecule has 0 bridgehead atoms. The Kier molecular flexibility index (Phi) is 3.53. The third-order valence-electron chi connectivity index (χ3n) is 8.89. The van der Waals surface area contributed by atoms with Crippen LogP contribution >= 0.6 is 0 Å². The van der Waals surface area contributed by atoms with Crippen molar-refractivity contribution in [3.8, 4) is 0 Å². The van der Waals surface area contributed by atoms with Crippen molar-refractivity contribution in [3.63, 3.8) is 0 Å². The fraction of sp³-hybridized carbons (Fsp3) is 0.952. The Labute approximate surface area is 140 Å². The van der Waals surface area contributed by atoms with Crippen LogP contribution in [-0.4, -0.2) is 13.1 Å². The second-order valence-electron chi connectivity index (χ2n) is 9.33. The number of fused-ring (bicyclic) bond motifs is 10. The van der Waals surface area contributed by atoms with Gasteiger partial charge >= 0.3 is 5.97 Å². The Morgan fingerprint density at radius 3 is 2.22 bits per heavy atom. The molecule has 0 aliphatic heterocycles. The first-order chi connectivity index (χ1) is 11.3. The Hall–Kier alpha value is -0.530. The molecule has 0 radical (unpaired) electrons. The molecule has 5 aliphatic rings. The minimum Gasteiger partial charge on any atom is -0.469 e. The number of carbonyl (C=O) groups is 1. The number of unbranched alkanes of at least 4 members (excludes halogenated alkanes) is 4. The normalized spacial score (nSPS) is 50.4. The summed E-state index contributed by atoms with van der Waals surface area (Å²) in [5.41, 5.74) is 0. The van der Waals surface area contributed by atoms with Gasteiger partial charge in [-0.05, 0) is 78.9 Å². The van der Waals surface area contributed by atoms with Crippen molar-refractivity contribution in [1.29, 1.82) is 0 Å². The summed E-state index contributed by atoms with van der Waals surface area (Å²) in [5, 5.41) is 0. The topological polar surface area (TPSA) is 26.3 Å². The van der Waals surface area contributed by atoms with Crippen LogP contribution in [0.2, 0.25) is 0 Å². The Balaban J connectivity index is 0.969. The van der Waals surface area contributed by atoms with Crippen molar-refractivity contribution in [1.82, 2.24) is 0 Å². The lowest BCUT2D eigenvalue weighted by Crippen LogP contribution is -2.80. The summed E-state index contributed by atoms with van der Waals surface area (Å²) in [6, 6.07) is 0. The number of hydrogen-bond acceptors (Lipinski definition) is 2. The zero-order valence-corrected chi connectivity index (χ0v) is 14.6. The number of rotatable bonds is 8. The molecule has 0 saturated heterocycles. The first-order valence-corrected chi connectivity index (χ1v) is 10.4. The monoisotopic (exact) mass is 316 g/mol. The van der Waals surface area contributed by atoms with E-state index in [0.717, 1.165) is 12.3 Å². The highest BCUT2D eigenvalue weighted by molar-refractivity contribution is 5.68. The predicted octanol–water partition coefficient (Wildman–Crippen LogP) is 4.67. The molecule has 0 heterocycles. The van der Waals surface area contributed by atoms with Gasteiger partial charge in [-0.15, -0.1) is 0 Å². The van der Waals surface area contributed by atoms with E-state index in [9.17, 15) is 4.79 Å². The van der Waals surface area contributed by atoms with Crippen molar-refractivity contribution in [3.05, 3.63) is 0 Å². The number of hydrogen-bond donors (Lipinski definition) is 0. The van der Waals surface area contributed by atoms with E-state index in [0.29, 0.717) is 6.42 Å². The molecule has 0 spiro atoms. The van der Waals surface area contributed by atoms with Gasteiger partial charge in [0.2, 0.25) is 0 Å². The highest BCUT2D eigenvalue weighted by atomic mass is 16.5. The summed E-state index contributed by atoms with van der Waals surface area (Å²) < 4.78 is 4.68. The van der Waals surface area contributed by atoms with Crippen LogP contribution in [0.4, 0.5) is 0 Å². The Bertz CT molecular complexity index is 480. The fourth-order valence-corrected chi connectivity index (χ4v) is 7.77. The number of methoxy groups -OCH3 is 1. The summed E-state index contributed by atoms with van der Waals surface area (Å²) in [6.07, 6.45) is 13.2. The lowest BCUT2D eigenvalue weighted by molar-refractivity contribution is -0.375. The van der Waals surface area contributed by atoms with Crippen molar-refractivity contribution in [2.45, 2.75) is 64.2 Å². The average molecular weight is 316 g/mol. The van der Waals surface area contributed by atoms with E-state index >= 15 is 0 Å². The molecule has 2 nitrogen and oxygen atoms in total. The first kappa shape index (κ1) is 14.8. The molecule has 5 fully saturated rings. The smallest absolute Gasteiger partial charge is 0.305 e. The number of carbonyl (C=O) groups excluding carboxylic acids is 1. The largest absolute Gasteiger partial charge is 0.469 e. The standard InChI is InChI=1S/C21H32O2/c1-23-16(22)8-6-4-2-3-5-7-12-11-15-17(12)21-19-14-10-9-13(14)18(19)20(15)21/h12-15,17-21H,2-11H2,1H3/t12-,13-,14+,15-,17+,18+,19-,20-,21+/m0/s1. The highest BCUT2D eigenvalue weighted by Gasteiger charge is 2.79. The van der Waals surface area contributed by atoms with Gasteiger partial charge in [0, 0.05) is 6.42 Å². The first-order valence-electron chi connectivity index (χ1n) is 10.4. The SMILES string of the molecule is COC(=O)CCCCCCC[C@H]1C[C@@H]2[C@H]3[C@@H]4[C@H]5CC[C@H]5[C@@H]4[C@H]3[C@H]12. The van der Waals surface area contributed by atoms with Crippen molar-refractivity contribution >= 4 is 5.97 Å². The van der Waals surface area contributed by atoms with E-state index in [1.807, 2.05) is 0 Å². The molecule has 128 valence electrons. The van der Waals surface area contributed by atoms with E-state index in [2.05, 4.69) is 4.74 Å². The molecule has 0 unspecified atom stereocenters. The van der Waals surface area contributed by atoms with Crippen LogP contribution in [-0.2, 0) is 9.53 Å². The third kappa shape index (κ3) is 1.96. The Morgan fingerprint density at radius 1 is 0.826 bits per heavy atom. The predicted molar refractivity (Wildman–Crippen MR) is 89.6 cm³/mol. The summed E-state index contributed by atoms with van der Waals surface area (Å²) in [6.45, 7) is 0. The molecule has 0 amide bonds. The van der Waals surface area contributed by atoms with Gasteiger partial charge in [0.25, 0.3) is 0 Å². The zero-order chi connectivity index (χ0) is 15.6. The molecule has 5 rings (SSSR count). The van der Waals surface area contributed by atoms with E-state index in [4.69, 9.17) is 0 Å². The third-order valence-corrected chi connectivity index (χ3v) is 8.89. The second kappa shape index (κ2) is 5.49. The van der Waals surface area contributed by atoms with Crippen molar-refractivity contribution in [2.75, 3.05) is 7.11 Å². The van der Waals surface area contributed by atoms with Crippen LogP contribution in [0, 0.1) is 53.3 Å². The molecule has 5 saturated carbocycles. The van der Waals surface area contributed by atoms with Gasteiger partial charge in [-0.2, -0.15) is 0 Å². The molecule has 0 aromatic heterocycles. The Morgan fingerprint density at radius 2 is 1.48 bits per heavy atom. The molecular weight excluding hydrogens is 284 g/mol.